The molecular weight excluding hydrogens is 234 g/mol. The van der Waals surface area contributed by atoms with Crippen molar-refractivity contribution in [2.75, 3.05) is 5.73 Å². The molecule has 0 amide bonds. The minimum atomic E-state index is 0.525. The number of rotatable bonds is 3. The van der Waals surface area contributed by atoms with Crippen molar-refractivity contribution >= 4 is 17.6 Å². The monoisotopic (exact) mass is 247 g/mol. The van der Waals surface area contributed by atoms with E-state index in [1.807, 2.05) is 13.8 Å². The van der Waals surface area contributed by atoms with Gasteiger partial charge >= 0.3 is 0 Å². The van der Waals surface area contributed by atoms with Gasteiger partial charge in [-0.15, -0.1) is 0 Å². The summed E-state index contributed by atoms with van der Waals surface area (Å²) in [6, 6.07) is 0. The van der Waals surface area contributed by atoms with Crippen LogP contribution in [0, 0.1) is 6.92 Å². The van der Waals surface area contributed by atoms with Gasteiger partial charge in [0.25, 0.3) is 0 Å². The van der Waals surface area contributed by atoms with Gasteiger partial charge in [-0.3, -0.25) is 0 Å². The SMILES string of the molecule is CCc1c(N)ncnc1Sc1ncc(C)cn1. The largest absolute Gasteiger partial charge is 0.383 e. The Labute approximate surface area is 104 Å². The molecule has 0 radical (unpaired) electrons. The molecule has 2 rings (SSSR count). The van der Waals surface area contributed by atoms with Crippen LogP contribution in [0.4, 0.5) is 5.82 Å². The summed E-state index contributed by atoms with van der Waals surface area (Å²) in [6.45, 7) is 3.98. The average Bonchev–Trinajstić information content (AvgIpc) is 2.32. The van der Waals surface area contributed by atoms with Crippen LogP contribution in [0.2, 0.25) is 0 Å². The zero-order chi connectivity index (χ0) is 12.3. The molecule has 0 fully saturated rings. The molecule has 0 unspecified atom stereocenters. The van der Waals surface area contributed by atoms with Gasteiger partial charge in [-0.2, -0.15) is 0 Å². The fraction of sp³-hybridized carbons (Fsp3) is 0.273. The minimum absolute atomic E-state index is 0.525. The molecule has 0 atom stereocenters. The lowest BCUT2D eigenvalue weighted by molar-refractivity contribution is 0.920. The first-order valence-corrected chi connectivity index (χ1v) is 6.08. The van der Waals surface area contributed by atoms with Crippen molar-refractivity contribution in [2.45, 2.75) is 30.5 Å². The molecule has 0 aromatic carbocycles. The number of hydrogen-bond acceptors (Lipinski definition) is 6. The molecule has 0 saturated carbocycles. The van der Waals surface area contributed by atoms with Gasteiger partial charge in [-0.1, -0.05) is 6.92 Å². The molecule has 5 nitrogen and oxygen atoms in total. The van der Waals surface area contributed by atoms with Crippen molar-refractivity contribution < 1.29 is 0 Å². The average molecular weight is 247 g/mol. The van der Waals surface area contributed by atoms with E-state index in [0.717, 1.165) is 22.6 Å². The van der Waals surface area contributed by atoms with E-state index in [1.54, 1.807) is 12.4 Å². The van der Waals surface area contributed by atoms with E-state index in [0.29, 0.717) is 11.0 Å². The highest BCUT2D eigenvalue weighted by molar-refractivity contribution is 7.99. The molecule has 0 spiro atoms. The van der Waals surface area contributed by atoms with Crippen LogP contribution in [-0.2, 0) is 6.42 Å². The van der Waals surface area contributed by atoms with Gasteiger partial charge in [0.2, 0.25) is 0 Å². The summed E-state index contributed by atoms with van der Waals surface area (Å²) in [5.74, 6) is 0.525. The Bertz CT molecular complexity index is 512. The van der Waals surface area contributed by atoms with Gasteiger partial charge in [0.05, 0.1) is 0 Å². The maximum absolute atomic E-state index is 5.80. The van der Waals surface area contributed by atoms with Crippen molar-refractivity contribution in [2.24, 2.45) is 0 Å². The van der Waals surface area contributed by atoms with Crippen molar-refractivity contribution in [3.05, 3.63) is 29.8 Å². The molecule has 2 aromatic heterocycles. The Kier molecular flexibility index (Phi) is 3.53. The molecule has 0 saturated heterocycles. The number of aromatic nitrogens is 4. The Morgan fingerprint density at radius 2 is 1.88 bits per heavy atom. The van der Waals surface area contributed by atoms with Gasteiger partial charge in [-0.05, 0) is 30.7 Å². The smallest absolute Gasteiger partial charge is 0.193 e. The topological polar surface area (TPSA) is 77.6 Å². The van der Waals surface area contributed by atoms with Crippen molar-refractivity contribution in [1.29, 1.82) is 0 Å². The van der Waals surface area contributed by atoms with E-state index in [2.05, 4.69) is 19.9 Å². The molecular formula is C11H13N5S. The highest BCUT2D eigenvalue weighted by atomic mass is 32.2. The Morgan fingerprint density at radius 3 is 2.53 bits per heavy atom. The van der Waals surface area contributed by atoms with Crippen molar-refractivity contribution in [3.8, 4) is 0 Å². The molecule has 88 valence electrons. The fourth-order valence-corrected chi connectivity index (χ4v) is 2.20. The van der Waals surface area contributed by atoms with Crippen LogP contribution < -0.4 is 5.73 Å². The predicted octanol–water partition coefficient (Wildman–Crippen LogP) is 1.87. The Hall–Kier alpha value is -1.69. The third-order valence-electron chi connectivity index (χ3n) is 2.24. The number of nitrogens with two attached hydrogens (primary N) is 1. The van der Waals surface area contributed by atoms with E-state index in [-0.39, 0.29) is 0 Å². The van der Waals surface area contributed by atoms with Crippen LogP contribution in [0.1, 0.15) is 18.1 Å². The zero-order valence-corrected chi connectivity index (χ0v) is 10.5. The summed E-state index contributed by atoms with van der Waals surface area (Å²) >= 11 is 1.41. The zero-order valence-electron chi connectivity index (χ0n) is 9.71. The third kappa shape index (κ3) is 2.71. The standard InChI is InChI=1S/C11H13N5S/c1-3-8-9(12)15-6-16-10(8)17-11-13-4-7(2)5-14-11/h4-6H,3H2,1-2H3,(H2,12,15,16). The first kappa shape index (κ1) is 11.8. The second-order valence-corrected chi connectivity index (χ2v) is 4.50. The van der Waals surface area contributed by atoms with E-state index in [1.165, 1.54) is 18.1 Å². The van der Waals surface area contributed by atoms with Gasteiger partial charge in [-0.25, -0.2) is 19.9 Å². The molecule has 0 aliphatic rings. The molecule has 0 bridgehead atoms. The summed E-state index contributed by atoms with van der Waals surface area (Å²) in [5.41, 5.74) is 7.78. The molecule has 0 aliphatic carbocycles. The molecule has 2 aromatic rings. The summed E-state index contributed by atoms with van der Waals surface area (Å²) < 4.78 is 0. The van der Waals surface area contributed by atoms with Gasteiger partial charge in [0, 0.05) is 18.0 Å². The van der Waals surface area contributed by atoms with Crippen molar-refractivity contribution in [1.82, 2.24) is 19.9 Å². The lowest BCUT2D eigenvalue weighted by Crippen LogP contribution is -2.01. The lowest BCUT2D eigenvalue weighted by Gasteiger charge is -2.06. The van der Waals surface area contributed by atoms with E-state index in [4.69, 9.17) is 5.73 Å². The van der Waals surface area contributed by atoms with Gasteiger partial charge in [0.1, 0.15) is 17.2 Å². The number of nitrogen functional groups attached to an aromatic ring is 1. The number of aryl methyl sites for hydroxylation is 1. The molecule has 2 N–H and O–H groups in total. The normalized spacial score (nSPS) is 10.5. The molecule has 0 aliphatic heterocycles. The number of anilines is 1. The van der Waals surface area contributed by atoms with Crippen molar-refractivity contribution in [3.63, 3.8) is 0 Å². The Morgan fingerprint density at radius 1 is 1.18 bits per heavy atom. The van der Waals surface area contributed by atoms with Crippen LogP contribution in [-0.4, -0.2) is 19.9 Å². The predicted molar refractivity (Wildman–Crippen MR) is 66.7 cm³/mol. The Balaban J connectivity index is 2.29. The second kappa shape index (κ2) is 5.09. The van der Waals surface area contributed by atoms with E-state index in [9.17, 15) is 0 Å². The number of hydrogen-bond donors (Lipinski definition) is 1. The third-order valence-corrected chi connectivity index (χ3v) is 3.18. The summed E-state index contributed by atoms with van der Waals surface area (Å²) in [6.07, 6.45) is 5.82. The summed E-state index contributed by atoms with van der Waals surface area (Å²) in [4.78, 5) is 16.7. The fourth-order valence-electron chi connectivity index (χ4n) is 1.35. The summed E-state index contributed by atoms with van der Waals surface area (Å²) in [7, 11) is 0. The van der Waals surface area contributed by atoms with Crippen LogP contribution in [0.5, 0.6) is 0 Å². The highest BCUT2D eigenvalue weighted by Gasteiger charge is 2.10. The first-order chi connectivity index (χ1) is 8.20. The lowest BCUT2D eigenvalue weighted by atomic mass is 10.2. The van der Waals surface area contributed by atoms with Crippen LogP contribution in [0.3, 0.4) is 0 Å². The highest BCUT2D eigenvalue weighted by Crippen LogP contribution is 2.27. The molecule has 17 heavy (non-hydrogen) atoms. The van der Waals surface area contributed by atoms with Gasteiger partial charge < -0.3 is 5.73 Å². The summed E-state index contributed by atoms with van der Waals surface area (Å²) in [5, 5.41) is 1.49. The molecule has 6 heteroatoms. The van der Waals surface area contributed by atoms with E-state index < -0.39 is 0 Å². The van der Waals surface area contributed by atoms with Gasteiger partial charge in [0.15, 0.2) is 5.16 Å². The second-order valence-electron chi connectivity index (χ2n) is 3.54. The minimum Gasteiger partial charge on any atom is -0.383 e. The number of nitrogens with zero attached hydrogens (tertiary/aromatic N) is 4. The molecule has 2 heterocycles. The quantitative estimate of drug-likeness (QED) is 0.659. The van der Waals surface area contributed by atoms with Crippen LogP contribution >= 0.6 is 11.8 Å². The first-order valence-electron chi connectivity index (χ1n) is 5.26. The maximum Gasteiger partial charge on any atom is 0.193 e. The maximum atomic E-state index is 5.80. The van der Waals surface area contributed by atoms with E-state index >= 15 is 0 Å². The van der Waals surface area contributed by atoms with Crippen LogP contribution in [0.15, 0.2) is 28.9 Å². The van der Waals surface area contributed by atoms with Crippen LogP contribution in [0.25, 0.3) is 0 Å².